The second-order valence-electron chi connectivity index (χ2n) is 8.06. The van der Waals surface area contributed by atoms with Crippen molar-refractivity contribution in [1.82, 2.24) is 14.8 Å². The van der Waals surface area contributed by atoms with Crippen LogP contribution in [0.5, 0.6) is 0 Å². The van der Waals surface area contributed by atoms with Crippen molar-refractivity contribution in [3.8, 4) is 0 Å². The molecule has 3 heterocycles. The van der Waals surface area contributed by atoms with Gasteiger partial charge in [0, 0.05) is 38.1 Å². The van der Waals surface area contributed by atoms with Gasteiger partial charge < -0.3 is 24.4 Å². The number of methoxy groups -OCH3 is 1. The summed E-state index contributed by atoms with van der Waals surface area (Å²) >= 11 is 0. The monoisotopic (exact) mass is 418 g/mol. The van der Waals surface area contributed by atoms with E-state index in [9.17, 15) is 9.59 Å². The fourth-order valence-electron chi connectivity index (χ4n) is 4.97. The van der Waals surface area contributed by atoms with Gasteiger partial charge in [0.25, 0.3) is 5.91 Å². The largest absolute Gasteiger partial charge is 0.383 e. The number of amides is 2. The molecule has 2 amide bonds. The summed E-state index contributed by atoms with van der Waals surface area (Å²) in [6.45, 7) is 1.80. The summed E-state index contributed by atoms with van der Waals surface area (Å²) in [5.41, 5.74) is 4.92. The first kappa shape index (κ1) is 19.6. The highest BCUT2D eigenvalue weighted by Gasteiger charge is 2.42. The molecule has 31 heavy (non-hydrogen) atoms. The molecule has 1 atom stereocenters. The second-order valence-corrected chi connectivity index (χ2v) is 8.06. The van der Waals surface area contributed by atoms with E-state index in [4.69, 9.17) is 4.74 Å². The summed E-state index contributed by atoms with van der Waals surface area (Å²) in [6.07, 6.45) is 0.525. The van der Waals surface area contributed by atoms with Crippen LogP contribution in [0.3, 0.4) is 0 Å². The first-order chi connectivity index (χ1) is 15.1. The summed E-state index contributed by atoms with van der Waals surface area (Å²) in [4.78, 5) is 30.2. The first-order valence-corrected chi connectivity index (χ1v) is 10.6. The molecule has 0 fully saturated rings. The Labute approximate surface area is 181 Å². The van der Waals surface area contributed by atoms with E-state index in [1.54, 1.807) is 7.11 Å². The van der Waals surface area contributed by atoms with Crippen LogP contribution >= 0.6 is 0 Å². The van der Waals surface area contributed by atoms with Crippen LogP contribution in [-0.4, -0.2) is 55.1 Å². The van der Waals surface area contributed by atoms with Crippen LogP contribution < -0.4 is 10.2 Å². The molecule has 160 valence electrons. The molecule has 1 aromatic heterocycles. The van der Waals surface area contributed by atoms with Gasteiger partial charge in [0.15, 0.2) is 0 Å². The number of carbonyl (C=O) groups is 2. The lowest BCUT2D eigenvalue weighted by atomic mass is 9.96. The average Bonchev–Trinajstić information content (AvgIpc) is 3.11. The Bertz CT molecular complexity index is 1170. The number of benzene rings is 2. The van der Waals surface area contributed by atoms with Crippen LogP contribution in [0.25, 0.3) is 10.9 Å². The van der Waals surface area contributed by atoms with E-state index in [-0.39, 0.29) is 24.5 Å². The second kappa shape index (κ2) is 7.74. The topological polar surface area (TPSA) is 66.8 Å². The zero-order chi connectivity index (χ0) is 21.5. The van der Waals surface area contributed by atoms with E-state index in [0.29, 0.717) is 19.7 Å². The Morgan fingerprint density at radius 3 is 2.77 bits per heavy atom. The molecule has 0 aliphatic carbocycles. The van der Waals surface area contributed by atoms with Crippen molar-refractivity contribution in [1.29, 1.82) is 0 Å². The van der Waals surface area contributed by atoms with E-state index < -0.39 is 0 Å². The average molecular weight is 418 g/mol. The third-order valence-corrected chi connectivity index (χ3v) is 6.33. The predicted octanol–water partition coefficient (Wildman–Crippen LogP) is 2.55. The molecule has 0 radical (unpaired) electrons. The molecular weight excluding hydrogens is 392 g/mol. The fraction of sp³-hybridized carbons (Fsp3) is 0.333. The minimum Gasteiger partial charge on any atom is -0.383 e. The molecule has 7 nitrogen and oxygen atoms in total. The van der Waals surface area contributed by atoms with E-state index in [1.807, 2.05) is 48.3 Å². The SMILES string of the molecule is COCCNC(=O)Cn1c2c(c3ccccc31)CCN1C(=O)c3ccccc3N(C)C21. The Morgan fingerprint density at radius 1 is 1.16 bits per heavy atom. The summed E-state index contributed by atoms with van der Waals surface area (Å²) < 4.78 is 7.13. The lowest BCUT2D eigenvalue weighted by molar-refractivity contribution is -0.121. The molecule has 3 aromatic rings. The van der Waals surface area contributed by atoms with E-state index in [0.717, 1.165) is 34.3 Å². The van der Waals surface area contributed by atoms with Crippen molar-refractivity contribution in [2.75, 3.05) is 38.8 Å². The van der Waals surface area contributed by atoms with Gasteiger partial charge in [-0.25, -0.2) is 0 Å². The van der Waals surface area contributed by atoms with Gasteiger partial charge >= 0.3 is 0 Å². The number of anilines is 1. The number of nitrogens with one attached hydrogen (secondary N) is 1. The van der Waals surface area contributed by atoms with Crippen molar-refractivity contribution < 1.29 is 14.3 Å². The maximum absolute atomic E-state index is 13.3. The number of fused-ring (bicyclic) bond motifs is 6. The van der Waals surface area contributed by atoms with Crippen LogP contribution in [0.4, 0.5) is 5.69 Å². The molecule has 0 saturated carbocycles. The number of hydrogen-bond acceptors (Lipinski definition) is 4. The van der Waals surface area contributed by atoms with Crippen LogP contribution in [0.2, 0.25) is 0 Å². The zero-order valence-corrected chi connectivity index (χ0v) is 17.8. The number of hydrogen-bond donors (Lipinski definition) is 1. The number of carbonyl (C=O) groups excluding carboxylic acids is 2. The van der Waals surface area contributed by atoms with Crippen molar-refractivity contribution >= 4 is 28.4 Å². The molecule has 0 bridgehead atoms. The molecular formula is C24H26N4O3. The van der Waals surface area contributed by atoms with Crippen LogP contribution in [0.1, 0.15) is 27.8 Å². The van der Waals surface area contributed by atoms with Crippen molar-refractivity contribution in [2.45, 2.75) is 19.1 Å². The Balaban J connectivity index is 1.63. The van der Waals surface area contributed by atoms with Crippen molar-refractivity contribution in [3.63, 3.8) is 0 Å². The van der Waals surface area contributed by atoms with Gasteiger partial charge in [-0.1, -0.05) is 30.3 Å². The molecule has 0 spiro atoms. The lowest BCUT2D eigenvalue weighted by Crippen LogP contribution is -2.51. The normalized spacial score (nSPS) is 17.4. The molecule has 2 aliphatic heterocycles. The quantitative estimate of drug-likeness (QED) is 0.647. The van der Waals surface area contributed by atoms with Gasteiger partial charge in [-0.3, -0.25) is 9.59 Å². The summed E-state index contributed by atoms with van der Waals surface area (Å²) in [5, 5.41) is 4.08. The maximum atomic E-state index is 13.3. The van der Waals surface area contributed by atoms with Crippen LogP contribution in [0.15, 0.2) is 48.5 Å². The molecule has 7 heteroatoms. The zero-order valence-electron chi connectivity index (χ0n) is 17.8. The highest BCUT2D eigenvalue weighted by molar-refractivity contribution is 6.02. The maximum Gasteiger partial charge on any atom is 0.257 e. The van der Waals surface area contributed by atoms with Crippen molar-refractivity contribution in [2.24, 2.45) is 0 Å². The lowest BCUT2D eigenvalue weighted by Gasteiger charge is -2.46. The Hall–Kier alpha value is -3.32. The number of nitrogens with zero attached hydrogens (tertiary/aromatic N) is 3. The first-order valence-electron chi connectivity index (χ1n) is 10.6. The Morgan fingerprint density at radius 2 is 1.94 bits per heavy atom. The third kappa shape index (κ3) is 3.08. The smallest absolute Gasteiger partial charge is 0.257 e. The summed E-state index contributed by atoms with van der Waals surface area (Å²) in [7, 11) is 3.64. The molecule has 1 N–H and O–H groups in total. The molecule has 1 unspecified atom stereocenters. The summed E-state index contributed by atoms with van der Waals surface area (Å²) in [6, 6.07) is 15.9. The van der Waals surface area contributed by atoms with E-state index >= 15 is 0 Å². The minimum atomic E-state index is -0.245. The number of aromatic nitrogens is 1. The number of para-hydroxylation sites is 2. The van der Waals surface area contributed by atoms with Gasteiger partial charge in [0.2, 0.25) is 5.91 Å². The van der Waals surface area contributed by atoms with Gasteiger partial charge in [-0.15, -0.1) is 0 Å². The minimum absolute atomic E-state index is 0.0469. The summed E-state index contributed by atoms with van der Waals surface area (Å²) in [5.74, 6) is -0.0198. The van der Waals surface area contributed by atoms with Crippen LogP contribution in [-0.2, 0) is 22.5 Å². The molecule has 2 aliphatic rings. The van der Waals surface area contributed by atoms with E-state index in [1.165, 1.54) is 5.56 Å². The standard InChI is InChI=1S/C24H26N4O3/c1-26-19-9-5-4-8-18(19)24(30)27-13-11-17-16-7-3-6-10-20(16)28(22(17)23(26)27)15-21(29)25-12-14-31-2/h3-10,23H,11-15H2,1-2H3,(H,25,29). The van der Waals surface area contributed by atoms with E-state index in [2.05, 4.69) is 26.9 Å². The fourth-order valence-corrected chi connectivity index (χ4v) is 4.97. The molecule has 5 rings (SSSR count). The molecule has 2 aromatic carbocycles. The third-order valence-electron chi connectivity index (χ3n) is 6.33. The van der Waals surface area contributed by atoms with Gasteiger partial charge in [-0.2, -0.15) is 0 Å². The Kier molecular flexibility index (Phi) is 4.90. The van der Waals surface area contributed by atoms with Gasteiger partial charge in [-0.05, 0) is 30.2 Å². The number of ether oxygens (including phenoxy) is 1. The van der Waals surface area contributed by atoms with Gasteiger partial charge in [0.1, 0.15) is 12.7 Å². The highest BCUT2D eigenvalue weighted by atomic mass is 16.5. The predicted molar refractivity (Wildman–Crippen MR) is 119 cm³/mol. The van der Waals surface area contributed by atoms with Gasteiger partial charge in [0.05, 0.1) is 23.6 Å². The number of rotatable bonds is 5. The van der Waals surface area contributed by atoms with Crippen molar-refractivity contribution in [3.05, 3.63) is 65.4 Å². The highest BCUT2D eigenvalue weighted by Crippen LogP contribution is 2.44. The van der Waals surface area contributed by atoms with Crippen LogP contribution in [0, 0.1) is 0 Å². The molecule has 0 saturated heterocycles.